The maximum atomic E-state index is 12.2. The van der Waals surface area contributed by atoms with Crippen molar-refractivity contribution in [3.05, 3.63) is 0 Å². The lowest BCUT2D eigenvalue weighted by molar-refractivity contribution is -0.127. The van der Waals surface area contributed by atoms with Gasteiger partial charge in [-0.2, -0.15) is 0 Å². The van der Waals surface area contributed by atoms with Crippen molar-refractivity contribution in [2.75, 3.05) is 6.61 Å². The third kappa shape index (κ3) is 2.81. The predicted octanol–water partition coefficient (Wildman–Crippen LogP) is 2.95. The number of carbonyl (C=O) groups is 1. The highest BCUT2D eigenvalue weighted by atomic mass is 16.5. The number of carbonyl (C=O) groups excluding carboxylic acids is 1. The van der Waals surface area contributed by atoms with E-state index in [1.54, 1.807) is 0 Å². The minimum Gasteiger partial charge on any atom is -0.378 e. The number of Topliss-reactive ketones (excluding diaryl/α,β-unsaturated/α-hetero) is 1. The van der Waals surface area contributed by atoms with Crippen LogP contribution in [-0.4, -0.2) is 18.5 Å². The quantitative estimate of drug-likeness (QED) is 0.655. The summed E-state index contributed by atoms with van der Waals surface area (Å²) in [4.78, 5) is 12.2. The van der Waals surface area contributed by atoms with Gasteiger partial charge >= 0.3 is 0 Å². The fourth-order valence-corrected chi connectivity index (χ4v) is 2.91. The summed E-state index contributed by atoms with van der Waals surface area (Å²) in [5.74, 6) is 1.07. The maximum Gasteiger partial charge on any atom is 0.141 e. The van der Waals surface area contributed by atoms with Gasteiger partial charge in [0.15, 0.2) is 0 Å². The molecule has 0 spiro atoms. The molecule has 1 aliphatic carbocycles. The monoisotopic (exact) mass is 210 g/mol. The molecule has 2 heteroatoms. The Balaban J connectivity index is 1.88. The smallest absolute Gasteiger partial charge is 0.141 e. The molecule has 1 saturated heterocycles. The summed E-state index contributed by atoms with van der Waals surface area (Å²) in [5.41, 5.74) is 0. The Hall–Kier alpha value is -0.370. The average Bonchev–Trinajstić information content (AvgIpc) is 2.53. The molecule has 2 unspecified atom stereocenters. The van der Waals surface area contributed by atoms with Crippen molar-refractivity contribution in [2.24, 2.45) is 11.8 Å². The Morgan fingerprint density at radius 2 is 1.73 bits per heavy atom. The van der Waals surface area contributed by atoms with Gasteiger partial charge in [0, 0.05) is 11.8 Å². The Morgan fingerprint density at radius 1 is 1.07 bits per heavy atom. The van der Waals surface area contributed by atoms with Crippen molar-refractivity contribution in [3.8, 4) is 0 Å². The summed E-state index contributed by atoms with van der Waals surface area (Å²) in [7, 11) is 0. The lowest BCUT2D eigenvalue weighted by atomic mass is 9.86. The molecule has 2 atom stereocenters. The fourth-order valence-electron chi connectivity index (χ4n) is 2.91. The summed E-state index contributed by atoms with van der Waals surface area (Å²) < 4.78 is 5.49. The maximum absolute atomic E-state index is 12.2. The summed E-state index contributed by atoms with van der Waals surface area (Å²) in [6.07, 6.45) is 8.65. The van der Waals surface area contributed by atoms with Crippen molar-refractivity contribution in [1.82, 2.24) is 0 Å². The molecule has 0 N–H and O–H groups in total. The first-order valence-electron chi connectivity index (χ1n) is 6.42. The van der Waals surface area contributed by atoms with Crippen molar-refractivity contribution >= 4 is 5.78 Å². The summed E-state index contributed by atoms with van der Waals surface area (Å²) in [6.45, 7) is 2.75. The van der Waals surface area contributed by atoms with Crippen LogP contribution in [0.15, 0.2) is 0 Å². The van der Waals surface area contributed by atoms with Crippen LogP contribution in [0.3, 0.4) is 0 Å². The van der Waals surface area contributed by atoms with Crippen LogP contribution in [0.2, 0.25) is 0 Å². The highest BCUT2D eigenvalue weighted by Crippen LogP contribution is 2.30. The molecule has 1 saturated carbocycles. The third-order valence-electron chi connectivity index (χ3n) is 3.86. The standard InChI is InChI=1S/C13H22O2/c1-10-8-12(9-15-10)13(14)11-6-4-2-3-5-7-11/h10-12H,2-9H2,1H3. The zero-order valence-corrected chi connectivity index (χ0v) is 9.71. The van der Waals surface area contributed by atoms with E-state index >= 15 is 0 Å². The van der Waals surface area contributed by atoms with Gasteiger partial charge in [-0.05, 0) is 26.2 Å². The van der Waals surface area contributed by atoms with E-state index in [-0.39, 0.29) is 5.92 Å². The van der Waals surface area contributed by atoms with E-state index in [1.165, 1.54) is 25.7 Å². The van der Waals surface area contributed by atoms with E-state index in [1.807, 2.05) is 0 Å². The number of ether oxygens (including phenoxy) is 1. The van der Waals surface area contributed by atoms with Crippen molar-refractivity contribution in [1.29, 1.82) is 0 Å². The molecule has 0 aromatic rings. The molecule has 2 rings (SSSR count). The highest BCUT2D eigenvalue weighted by molar-refractivity contribution is 5.83. The summed E-state index contributed by atoms with van der Waals surface area (Å²) in [5, 5.41) is 0. The van der Waals surface area contributed by atoms with Crippen LogP contribution in [0.25, 0.3) is 0 Å². The number of ketones is 1. The van der Waals surface area contributed by atoms with Crippen LogP contribution < -0.4 is 0 Å². The van der Waals surface area contributed by atoms with E-state index < -0.39 is 0 Å². The van der Waals surface area contributed by atoms with Gasteiger partial charge < -0.3 is 4.74 Å². The molecule has 86 valence electrons. The lowest BCUT2D eigenvalue weighted by Crippen LogP contribution is -2.23. The molecule has 15 heavy (non-hydrogen) atoms. The predicted molar refractivity (Wildman–Crippen MR) is 59.7 cm³/mol. The molecule has 2 aliphatic rings. The average molecular weight is 210 g/mol. The van der Waals surface area contributed by atoms with Crippen molar-refractivity contribution < 1.29 is 9.53 Å². The van der Waals surface area contributed by atoms with Crippen LogP contribution in [0.4, 0.5) is 0 Å². The number of rotatable bonds is 2. The second-order valence-electron chi connectivity index (χ2n) is 5.17. The minimum absolute atomic E-state index is 0.211. The summed E-state index contributed by atoms with van der Waals surface area (Å²) >= 11 is 0. The molecule has 0 amide bonds. The van der Waals surface area contributed by atoms with Crippen LogP contribution in [0.5, 0.6) is 0 Å². The molecule has 2 fully saturated rings. The van der Waals surface area contributed by atoms with Crippen molar-refractivity contribution in [2.45, 2.75) is 58.0 Å². The van der Waals surface area contributed by atoms with Crippen LogP contribution in [0.1, 0.15) is 51.9 Å². The minimum atomic E-state index is 0.211. The summed E-state index contributed by atoms with van der Waals surface area (Å²) in [6, 6.07) is 0. The van der Waals surface area contributed by atoms with E-state index in [0.29, 0.717) is 24.4 Å². The first kappa shape index (κ1) is 11.1. The van der Waals surface area contributed by atoms with E-state index in [0.717, 1.165) is 19.3 Å². The number of hydrogen-bond acceptors (Lipinski definition) is 2. The van der Waals surface area contributed by atoms with Crippen LogP contribution in [-0.2, 0) is 9.53 Å². The topological polar surface area (TPSA) is 26.3 Å². The fraction of sp³-hybridized carbons (Fsp3) is 0.923. The zero-order valence-electron chi connectivity index (χ0n) is 9.71. The van der Waals surface area contributed by atoms with Gasteiger partial charge in [-0.3, -0.25) is 4.79 Å². The van der Waals surface area contributed by atoms with Gasteiger partial charge in [0.05, 0.1) is 12.7 Å². The van der Waals surface area contributed by atoms with Gasteiger partial charge in [0.1, 0.15) is 5.78 Å². The van der Waals surface area contributed by atoms with Crippen LogP contribution >= 0.6 is 0 Å². The SMILES string of the molecule is CC1CC(C(=O)C2CCCCCC2)CO1. The van der Waals surface area contributed by atoms with Gasteiger partial charge in [0.25, 0.3) is 0 Å². The van der Waals surface area contributed by atoms with Gasteiger partial charge in [-0.15, -0.1) is 0 Å². The molecule has 0 bridgehead atoms. The zero-order chi connectivity index (χ0) is 10.7. The van der Waals surface area contributed by atoms with E-state index in [9.17, 15) is 4.79 Å². The molecule has 1 heterocycles. The molecular formula is C13H22O2. The second-order valence-corrected chi connectivity index (χ2v) is 5.17. The Labute approximate surface area is 92.4 Å². The molecule has 2 nitrogen and oxygen atoms in total. The van der Waals surface area contributed by atoms with Gasteiger partial charge in [-0.25, -0.2) is 0 Å². The highest BCUT2D eigenvalue weighted by Gasteiger charge is 2.32. The molecule has 0 aromatic heterocycles. The van der Waals surface area contributed by atoms with E-state index in [2.05, 4.69) is 6.92 Å². The number of hydrogen-bond donors (Lipinski definition) is 0. The Bertz CT molecular complexity index is 217. The Kier molecular flexibility index (Phi) is 3.79. The molecule has 0 aromatic carbocycles. The van der Waals surface area contributed by atoms with Crippen molar-refractivity contribution in [3.63, 3.8) is 0 Å². The largest absolute Gasteiger partial charge is 0.378 e. The lowest BCUT2D eigenvalue weighted by Gasteiger charge is -2.16. The van der Waals surface area contributed by atoms with Crippen LogP contribution in [0, 0.1) is 11.8 Å². The first-order chi connectivity index (χ1) is 7.27. The second kappa shape index (κ2) is 5.11. The first-order valence-corrected chi connectivity index (χ1v) is 6.42. The van der Waals surface area contributed by atoms with Gasteiger partial charge in [-0.1, -0.05) is 25.7 Å². The molecular weight excluding hydrogens is 188 g/mol. The van der Waals surface area contributed by atoms with Gasteiger partial charge in [0.2, 0.25) is 0 Å². The molecule has 0 radical (unpaired) electrons. The molecule has 1 aliphatic heterocycles. The van der Waals surface area contributed by atoms with E-state index in [4.69, 9.17) is 4.74 Å². The third-order valence-corrected chi connectivity index (χ3v) is 3.86. The Morgan fingerprint density at radius 3 is 2.27 bits per heavy atom. The normalized spacial score (nSPS) is 33.9.